The first-order valence-electron chi connectivity index (χ1n) is 7.01. The van der Waals surface area contributed by atoms with E-state index in [2.05, 4.69) is 11.9 Å². The van der Waals surface area contributed by atoms with Crippen molar-refractivity contribution in [3.05, 3.63) is 82.9 Å². The van der Waals surface area contributed by atoms with Gasteiger partial charge in [0.15, 0.2) is 0 Å². The number of hydrogen-bond donors (Lipinski definition) is 1. The van der Waals surface area contributed by atoms with E-state index >= 15 is 0 Å². The average molecular weight is 312 g/mol. The summed E-state index contributed by atoms with van der Waals surface area (Å²) in [5.74, 6) is -0.141. The van der Waals surface area contributed by atoms with Crippen LogP contribution < -0.4 is 5.32 Å². The highest BCUT2D eigenvalue weighted by Gasteiger charge is 2.06. The van der Waals surface area contributed by atoms with Crippen LogP contribution in [0.25, 0.3) is 11.6 Å². The number of carbonyl (C=O) groups is 1. The Morgan fingerprint density at radius 3 is 2.36 bits per heavy atom. The van der Waals surface area contributed by atoms with Gasteiger partial charge in [-0.3, -0.25) is 4.79 Å². The molecule has 0 bridgehead atoms. The first-order valence-corrected chi connectivity index (χ1v) is 7.39. The third kappa shape index (κ3) is 4.61. The maximum absolute atomic E-state index is 11.7. The molecular formula is C19H18ClNO. The summed E-state index contributed by atoms with van der Waals surface area (Å²) >= 11 is 5.92. The van der Waals surface area contributed by atoms with Crippen molar-refractivity contribution >= 4 is 29.2 Å². The Kier molecular flexibility index (Phi) is 5.56. The molecule has 0 aliphatic heterocycles. The van der Waals surface area contributed by atoms with Gasteiger partial charge in [-0.05, 0) is 41.8 Å². The molecule has 0 saturated heterocycles. The lowest BCUT2D eigenvalue weighted by Crippen LogP contribution is -2.25. The van der Waals surface area contributed by atoms with Gasteiger partial charge in [-0.1, -0.05) is 60.6 Å². The summed E-state index contributed by atoms with van der Waals surface area (Å²) in [6.45, 7) is 5.79. The Morgan fingerprint density at radius 1 is 1.14 bits per heavy atom. The molecule has 0 radical (unpaired) electrons. The van der Waals surface area contributed by atoms with Crippen LogP contribution in [-0.2, 0) is 4.79 Å². The zero-order valence-electron chi connectivity index (χ0n) is 12.5. The molecule has 22 heavy (non-hydrogen) atoms. The van der Waals surface area contributed by atoms with Crippen molar-refractivity contribution in [2.45, 2.75) is 6.92 Å². The highest BCUT2D eigenvalue weighted by atomic mass is 35.5. The molecule has 3 heteroatoms. The third-order valence-electron chi connectivity index (χ3n) is 3.18. The summed E-state index contributed by atoms with van der Waals surface area (Å²) < 4.78 is 0. The quantitative estimate of drug-likeness (QED) is 0.636. The number of halogens is 1. The molecule has 0 unspecified atom stereocenters. The lowest BCUT2D eigenvalue weighted by Gasteiger charge is -2.10. The van der Waals surface area contributed by atoms with Gasteiger partial charge >= 0.3 is 0 Å². The standard InChI is InChI=1S/C19H18ClNO/c1-14(2)19(22)21-13-17(16-6-4-3-5-7-16)12-15-8-10-18(20)11-9-15/h3-12H,1,13H2,2H3,(H,21,22)/b17-12-. The Hall–Kier alpha value is -2.32. The summed E-state index contributed by atoms with van der Waals surface area (Å²) in [4.78, 5) is 11.7. The molecule has 2 nitrogen and oxygen atoms in total. The largest absolute Gasteiger partial charge is 0.348 e. The van der Waals surface area contributed by atoms with Gasteiger partial charge in [-0.2, -0.15) is 0 Å². The fraction of sp³-hybridized carbons (Fsp3) is 0.105. The van der Waals surface area contributed by atoms with Crippen molar-refractivity contribution in [3.63, 3.8) is 0 Å². The van der Waals surface area contributed by atoms with Gasteiger partial charge in [0.1, 0.15) is 0 Å². The molecule has 0 saturated carbocycles. The zero-order chi connectivity index (χ0) is 15.9. The first-order chi connectivity index (χ1) is 10.6. The van der Waals surface area contributed by atoms with E-state index < -0.39 is 0 Å². The number of rotatable bonds is 5. The lowest BCUT2D eigenvalue weighted by atomic mass is 10.0. The van der Waals surface area contributed by atoms with Gasteiger partial charge < -0.3 is 5.32 Å². The molecule has 0 aliphatic carbocycles. The van der Waals surface area contributed by atoms with Crippen LogP contribution in [0.15, 0.2) is 66.7 Å². The lowest BCUT2D eigenvalue weighted by molar-refractivity contribution is -0.117. The highest BCUT2D eigenvalue weighted by molar-refractivity contribution is 6.30. The van der Waals surface area contributed by atoms with E-state index in [1.165, 1.54) is 0 Å². The second-order valence-electron chi connectivity index (χ2n) is 5.05. The molecule has 1 N–H and O–H groups in total. The summed E-state index contributed by atoms with van der Waals surface area (Å²) in [6.07, 6.45) is 2.05. The van der Waals surface area contributed by atoms with Crippen LogP contribution >= 0.6 is 11.6 Å². The fourth-order valence-corrected chi connectivity index (χ4v) is 2.10. The van der Waals surface area contributed by atoms with Crippen molar-refractivity contribution in [1.82, 2.24) is 5.32 Å². The van der Waals surface area contributed by atoms with E-state index in [9.17, 15) is 4.79 Å². The second kappa shape index (κ2) is 7.62. The van der Waals surface area contributed by atoms with Gasteiger partial charge in [0.05, 0.1) is 0 Å². The minimum absolute atomic E-state index is 0.141. The van der Waals surface area contributed by atoms with Crippen LogP contribution in [0.4, 0.5) is 0 Å². The van der Waals surface area contributed by atoms with Crippen LogP contribution in [0.1, 0.15) is 18.1 Å². The molecule has 2 aromatic carbocycles. The van der Waals surface area contributed by atoms with Gasteiger partial charge in [0, 0.05) is 17.1 Å². The van der Waals surface area contributed by atoms with Gasteiger partial charge in [-0.15, -0.1) is 0 Å². The maximum Gasteiger partial charge on any atom is 0.246 e. The molecule has 0 aromatic heterocycles. The topological polar surface area (TPSA) is 29.1 Å². The number of nitrogens with one attached hydrogen (secondary N) is 1. The molecule has 0 atom stereocenters. The number of carbonyl (C=O) groups excluding carboxylic acids is 1. The van der Waals surface area contributed by atoms with Crippen molar-refractivity contribution in [2.75, 3.05) is 6.54 Å². The highest BCUT2D eigenvalue weighted by Crippen LogP contribution is 2.19. The Labute approximate surface area is 136 Å². The van der Waals surface area contributed by atoms with Gasteiger partial charge in [0.25, 0.3) is 0 Å². The van der Waals surface area contributed by atoms with Crippen LogP contribution in [0.2, 0.25) is 5.02 Å². The predicted molar refractivity (Wildman–Crippen MR) is 93.6 cm³/mol. The van der Waals surface area contributed by atoms with E-state index in [0.29, 0.717) is 17.1 Å². The number of amides is 1. The normalized spacial score (nSPS) is 11.1. The van der Waals surface area contributed by atoms with Gasteiger partial charge in [0.2, 0.25) is 5.91 Å². The summed E-state index contributed by atoms with van der Waals surface area (Å²) in [5.41, 5.74) is 3.63. The van der Waals surface area contributed by atoms with Crippen LogP contribution in [-0.4, -0.2) is 12.5 Å². The Bertz CT molecular complexity index is 687. The minimum Gasteiger partial charge on any atom is -0.348 e. The van der Waals surface area contributed by atoms with Crippen LogP contribution in [0.5, 0.6) is 0 Å². The van der Waals surface area contributed by atoms with Crippen LogP contribution in [0.3, 0.4) is 0 Å². The summed E-state index contributed by atoms with van der Waals surface area (Å²) in [6, 6.07) is 17.6. The monoisotopic (exact) mass is 311 g/mol. The van der Waals surface area contributed by atoms with E-state index in [-0.39, 0.29) is 5.91 Å². The molecule has 0 aliphatic rings. The molecule has 2 aromatic rings. The second-order valence-corrected chi connectivity index (χ2v) is 5.49. The summed E-state index contributed by atoms with van der Waals surface area (Å²) in [5, 5.41) is 3.58. The molecule has 0 spiro atoms. The van der Waals surface area contributed by atoms with Crippen LogP contribution in [0, 0.1) is 0 Å². The number of hydrogen-bond acceptors (Lipinski definition) is 1. The molecular weight excluding hydrogens is 294 g/mol. The first kappa shape index (κ1) is 16.1. The molecule has 0 fully saturated rings. The average Bonchev–Trinajstić information content (AvgIpc) is 2.53. The third-order valence-corrected chi connectivity index (χ3v) is 3.43. The molecule has 0 heterocycles. The summed E-state index contributed by atoms with van der Waals surface area (Å²) in [7, 11) is 0. The van der Waals surface area contributed by atoms with Crippen molar-refractivity contribution < 1.29 is 4.79 Å². The van der Waals surface area contributed by atoms with Crippen molar-refractivity contribution in [1.29, 1.82) is 0 Å². The van der Waals surface area contributed by atoms with Crippen molar-refractivity contribution in [3.8, 4) is 0 Å². The fourth-order valence-electron chi connectivity index (χ4n) is 1.98. The molecule has 112 valence electrons. The minimum atomic E-state index is -0.141. The van der Waals surface area contributed by atoms with E-state index in [0.717, 1.165) is 16.7 Å². The van der Waals surface area contributed by atoms with Crippen molar-refractivity contribution in [2.24, 2.45) is 0 Å². The van der Waals surface area contributed by atoms with E-state index in [1.54, 1.807) is 6.92 Å². The predicted octanol–water partition coefficient (Wildman–Crippen LogP) is 4.57. The zero-order valence-corrected chi connectivity index (χ0v) is 13.2. The number of benzene rings is 2. The van der Waals surface area contributed by atoms with E-state index in [4.69, 9.17) is 11.6 Å². The Balaban J connectivity index is 2.27. The Morgan fingerprint density at radius 2 is 1.77 bits per heavy atom. The van der Waals surface area contributed by atoms with Gasteiger partial charge in [-0.25, -0.2) is 0 Å². The maximum atomic E-state index is 11.7. The molecule has 2 rings (SSSR count). The molecule has 1 amide bonds. The smallest absolute Gasteiger partial charge is 0.246 e. The SMILES string of the molecule is C=C(C)C(=O)NC/C(=C/c1ccc(Cl)cc1)c1ccccc1. The van der Waals surface area contributed by atoms with E-state index in [1.807, 2.05) is 60.7 Å².